The van der Waals surface area contributed by atoms with Crippen LogP contribution in [0.4, 0.5) is 13.2 Å². The average Bonchev–Trinajstić information content (AvgIpc) is 2.33. The summed E-state index contributed by atoms with van der Waals surface area (Å²) >= 11 is 5.43. The van der Waals surface area contributed by atoms with Gasteiger partial charge in [0.05, 0.1) is 15.5 Å². The van der Waals surface area contributed by atoms with Crippen molar-refractivity contribution in [3.8, 4) is 0 Å². The number of benzene rings is 1. The van der Waals surface area contributed by atoms with Gasteiger partial charge in [-0.2, -0.15) is 13.2 Å². The molecule has 0 radical (unpaired) electrons. The van der Waals surface area contributed by atoms with Crippen LogP contribution in [0.1, 0.15) is 18.4 Å². The minimum absolute atomic E-state index is 0.115. The van der Waals surface area contributed by atoms with Crippen LogP contribution in [-0.2, 0) is 16.2 Å². The van der Waals surface area contributed by atoms with E-state index in [0.29, 0.717) is 25.5 Å². The van der Waals surface area contributed by atoms with E-state index in [4.69, 9.17) is 17.3 Å². The number of rotatable bonds is 6. The van der Waals surface area contributed by atoms with Crippen LogP contribution in [0, 0.1) is 0 Å². The third-order valence-corrected chi connectivity index (χ3v) is 4.26. The Kier molecular flexibility index (Phi) is 5.81. The number of alkyl halides is 3. The van der Waals surface area contributed by atoms with Crippen LogP contribution in [0.2, 0.25) is 5.02 Å². The van der Waals surface area contributed by atoms with Crippen LogP contribution >= 0.6 is 11.6 Å². The summed E-state index contributed by atoms with van der Waals surface area (Å²) in [7, 11) is -3.99. The Morgan fingerprint density at radius 1 is 1.25 bits per heavy atom. The van der Waals surface area contributed by atoms with Gasteiger partial charge in [-0.25, -0.2) is 13.1 Å². The average molecular weight is 331 g/mol. The quantitative estimate of drug-likeness (QED) is 0.787. The minimum atomic E-state index is -4.71. The largest absolute Gasteiger partial charge is 0.417 e. The number of halogens is 4. The lowest BCUT2D eigenvalue weighted by Crippen LogP contribution is -2.25. The molecular weight excluding hydrogens is 317 g/mol. The van der Waals surface area contributed by atoms with Gasteiger partial charge in [0.25, 0.3) is 0 Å². The number of sulfonamides is 1. The van der Waals surface area contributed by atoms with Crippen molar-refractivity contribution >= 4 is 21.6 Å². The number of hydrogen-bond donors (Lipinski definition) is 2. The Bertz CT molecular complexity index is 561. The Balaban J connectivity index is 2.96. The maximum Gasteiger partial charge on any atom is 0.417 e. The Labute approximate surface area is 120 Å². The Hall–Kier alpha value is -0.830. The van der Waals surface area contributed by atoms with Gasteiger partial charge in [0.15, 0.2) is 0 Å². The second-order valence-electron chi connectivity index (χ2n) is 4.03. The summed E-state index contributed by atoms with van der Waals surface area (Å²) in [5.74, 6) is 0. The first kappa shape index (κ1) is 17.2. The van der Waals surface area contributed by atoms with E-state index in [-0.39, 0.29) is 6.54 Å². The highest BCUT2D eigenvalue weighted by Crippen LogP contribution is 2.35. The van der Waals surface area contributed by atoms with Gasteiger partial charge in [-0.1, -0.05) is 11.6 Å². The topological polar surface area (TPSA) is 72.2 Å². The van der Waals surface area contributed by atoms with Gasteiger partial charge >= 0.3 is 6.18 Å². The second-order valence-corrected chi connectivity index (χ2v) is 6.21. The van der Waals surface area contributed by atoms with E-state index >= 15 is 0 Å². The predicted molar refractivity (Wildman–Crippen MR) is 69.9 cm³/mol. The number of hydrogen-bond acceptors (Lipinski definition) is 3. The molecule has 1 rings (SSSR count). The molecule has 0 saturated heterocycles. The summed E-state index contributed by atoms with van der Waals surface area (Å²) in [6.45, 7) is 0.532. The number of nitrogens with two attached hydrogens (primary N) is 1. The maximum absolute atomic E-state index is 12.7. The second kappa shape index (κ2) is 6.75. The van der Waals surface area contributed by atoms with E-state index in [9.17, 15) is 21.6 Å². The molecular formula is C11H14ClF3N2O2S. The molecule has 9 heteroatoms. The van der Waals surface area contributed by atoms with E-state index < -0.39 is 31.7 Å². The molecule has 0 heterocycles. The third kappa shape index (κ3) is 4.62. The fourth-order valence-corrected chi connectivity index (χ4v) is 2.77. The molecule has 0 aliphatic heterocycles. The van der Waals surface area contributed by atoms with Crippen LogP contribution in [-0.4, -0.2) is 21.5 Å². The van der Waals surface area contributed by atoms with E-state index in [1.54, 1.807) is 0 Å². The normalized spacial score (nSPS) is 12.7. The Morgan fingerprint density at radius 2 is 1.90 bits per heavy atom. The molecule has 0 fully saturated rings. The molecule has 1 aromatic rings. The van der Waals surface area contributed by atoms with Gasteiger partial charge in [0.2, 0.25) is 10.0 Å². The highest BCUT2D eigenvalue weighted by atomic mass is 35.5. The fraction of sp³-hybridized carbons (Fsp3) is 0.455. The van der Waals surface area contributed by atoms with Crippen LogP contribution in [0.3, 0.4) is 0 Å². The molecule has 0 atom stereocenters. The number of unbranched alkanes of at least 4 members (excludes halogenated alkanes) is 1. The first-order chi connectivity index (χ1) is 9.18. The molecule has 0 aliphatic rings. The van der Waals surface area contributed by atoms with Crippen molar-refractivity contribution in [2.24, 2.45) is 5.73 Å². The SMILES string of the molecule is NCCCCNS(=O)(=O)c1ccc(Cl)c(C(F)(F)F)c1. The highest BCUT2D eigenvalue weighted by molar-refractivity contribution is 7.89. The van der Waals surface area contributed by atoms with Crippen LogP contribution < -0.4 is 10.5 Å². The van der Waals surface area contributed by atoms with Crippen LogP contribution in [0.25, 0.3) is 0 Å². The summed E-state index contributed by atoms with van der Waals surface area (Å²) in [6, 6.07) is 2.47. The lowest BCUT2D eigenvalue weighted by atomic mass is 10.2. The summed E-state index contributed by atoms with van der Waals surface area (Å²) < 4.78 is 63.8. The lowest BCUT2D eigenvalue weighted by Gasteiger charge is -2.12. The molecule has 114 valence electrons. The van der Waals surface area contributed by atoms with Crippen molar-refractivity contribution in [3.05, 3.63) is 28.8 Å². The summed E-state index contributed by atoms with van der Waals surface area (Å²) in [4.78, 5) is -0.470. The molecule has 1 aromatic carbocycles. The Morgan fingerprint density at radius 3 is 2.45 bits per heavy atom. The van der Waals surface area contributed by atoms with Crippen molar-refractivity contribution in [1.82, 2.24) is 4.72 Å². The van der Waals surface area contributed by atoms with Gasteiger partial charge in [-0.15, -0.1) is 0 Å². The van der Waals surface area contributed by atoms with Crippen LogP contribution in [0.15, 0.2) is 23.1 Å². The van der Waals surface area contributed by atoms with E-state index in [2.05, 4.69) is 4.72 Å². The molecule has 4 nitrogen and oxygen atoms in total. The lowest BCUT2D eigenvalue weighted by molar-refractivity contribution is -0.137. The molecule has 20 heavy (non-hydrogen) atoms. The van der Waals surface area contributed by atoms with Crippen LogP contribution in [0.5, 0.6) is 0 Å². The zero-order valence-corrected chi connectivity index (χ0v) is 11.9. The van der Waals surface area contributed by atoms with E-state index in [0.717, 1.165) is 12.1 Å². The minimum Gasteiger partial charge on any atom is -0.330 e. The smallest absolute Gasteiger partial charge is 0.330 e. The molecule has 0 aromatic heterocycles. The fourth-order valence-electron chi connectivity index (χ4n) is 1.45. The third-order valence-electron chi connectivity index (χ3n) is 2.48. The van der Waals surface area contributed by atoms with Crippen molar-refractivity contribution in [3.63, 3.8) is 0 Å². The monoisotopic (exact) mass is 330 g/mol. The number of nitrogens with one attached hydrogen (secondary N) is 1. The summed E-state index contributed by atoms with van der Waals surface area (Å²) in [6.07, 6.45) is -3.57. The van der Waals surface area contributed by atoms with Gasteiger partial charge in [-0.05, 0) is 37.6 Å². The van der Waals surface area contributed by atoms with Gasteiger partial charge in [-0.3, -0.25) is 0 Å². The maximum atomic E-state index is 12.7. The van der Waals surface area contributed by atoms with Crippen molar-refractivity contribution in [2.75, 3.05) is 13.1 Å². The zero-order valence-electron chi connectivity index (χ0n) is 10.4. The van der Waals surface area contributed by atoms with Gasteiger partial charge in [0.1, 0.15) is 0 Å². The standard InChI is InChI=1S/C11H14ClF3N2O2S/c12-10-4-3-8(7-9(10)11(13,14)15)20(18,19)17-6-2-1-5-16/h3-4,7,17H,1-2,5-6,16H2. The van der Waals surface area contributed by atoms with Gasteiger partial charge < -0.3 is 5.73 Å². The van der Waals surface area contributed by atoms with E-state index in [1.807, 2.05) is 0 Å². The first-order valence-electron chi connectivity index (χ1n) is 5.75. The molecule has 0 unspecified atom stereocenters. The van der Waals surface area contributed by atoms with Crippen molar-refractivity contribution in [2.45, 2.75) is 23.9 Å². The predicted octanol–water partition coefficient (Wildman–Crippen LogP) is 2.38. The molecule has 0 bridgehead atoms. The molecule has 0 aliphatic carbocycles. The first-order valence-corrected chi connectivity index (χ1v) is 7.61. The molecule has 0 spiro atoms. The highest BCUT2D eigenvalue weighted by Gasteiger charge is 2.34. The summed E-state index contributed by atoms with van der Waals surface area (Å²) in [5, 5.41) is -0.542. The molecule has 0 saturated carbocycles. The van der Waals surface area contributed by atoms with Crippen molar-refractivity contribution in [1.29, 1.82) is 0 Å². The zero-order chi connectivity index (χ0) is 15.4. The molecule has 3 N–H and O–H groups in total. The molecule has 0 amide bonds. The summed E-state index contributed by atoms with van der Waals surface area (Å²) in [5.41, 5.74) is 4.08. The van der Waals surface area contributed by atoms with Crippen molar-refractivity contribution < 1.29 is 21.6 Å². The van der Waals surface area contributed by atoms with E-state index in [1.165, 1.54) is 0 Å². The van der Waals surface area contributed by atoms with Gasteiger partial charge in [0, 0.05) is 6.54 Å².